The summed E-state index contributed by atoms with van der Waals surface area (Å²) in [5.41, 5.74) is 6.95. The van der Waals surface area contributed by atoms with Crippen molar-refractivity contribution in [3.05, 3.63) is 28.8 Å². The fraction of sp³-hybridized carbons (Fsp3) is 0.200. The minimum atomic E-state index is -0.193. The van der Waals surface area contributed by atoms with E-state index in [1.165, 1.54) is 0 Å². The minimum absolute atomic E-state index is 0.151. The average molecular weight is 273 g/mol. The van der Waals surface area contributed by atoms with Crippen LogP contribution in [-0.2, 0) is 4.79 Å². The fourth-order valence-corrected chi connectivity index (χ4v) is 1.65. The Balaban J connectivity index is 2.53. The molecule has 0 radical (unpaired) electrons. The van der Waals surface area contributed by atoms with E-state index in [0.717, 1.165) is 17.3 Å². The summed E-state index contributed by atoms with van der Waals surface area (Å²) in [6.07, 6.45) is 0. The van der Waals surface area contributed by atoms with Crippen LogP contribution in [0.2, 0.25) is 5.02 Å². The Morgan fingerprint density at radius 3 is 2.88 bits per heavy atom. The van der Waals surface area contributed by atoms with Crippen LogP contribution in [0.15, 0.2) is 23.3 Å². The molecule has 17 heavy (non-hydrogen) atoms. The molecule has 0 saturated heterocycles. The molecular formula is C10H13ClN4OS. The Morgan fingerprint density at radius 2 is 2.29 bits per heavy atom. The van der Waals surface area contributed by atoms with Crippen molar-refractivity contribution in [3.63, 3.8) is 0 Å². The van der Waals surface area contributed by atoms with Gasteiger partial charge in [0.15, 0.2) is 5.17 Å². The first kappa shape index (κ1) is 13.7. The predicted octanol–water partition coefficient (Wildman–Crippen LogP) is 1.51. The van der Waals surface area contributed by atoms with Crippen molar-refractivity contribution in [1.82, 2.24) is 0 Å². The number of rotatable bonds is 3. The third-order valence-corrected chi connectivity index (χ3v) is 3.15. The van der Waals surface area contributed by atoms with Crippen LogP contribution in [0.1, 0.15) is 5.56 Å². The highest BCUT2D eigenvalue weighted by atomic mass is 35.5. The van der Waals surface area contributed by atoms with Gasteiger partial charge in [0, 0.05) is 10.7 Å². The lowest BCUT2D eigenvalue weighted by Gasteiger charge is -2.06. The predicted molar refractivity (Wildman–Crippen MR) is 73.1 cm³/mol. The van der Waals surface area contributed by atoms with E-state index in [1.807, 2.05) is 13.0 Å². The number of aryl methyl sites for hydroxylation is 1. The highest BCUT2D eigenvalue weighted by Gasteiger charge is 2.05. The van der Waals surface area contributed by atoms with Gasteiger partial charge in [0.05, 0.1) is 5.75 Å². The maximum Gasteiger partial charge on any atom is 0.234 e. The molecule has 1 rings (SSSR count). The molecular weight excluding hydrogens is 260 g/mol. The number of halogens is 1. The molecule has 0 saturated carbocycles. The zero-order valence-corrected chi connectivity index (χ0v) is 10.8. The van der Waals surface area contributed by atoms with Crippen LogP contribution in [0.3, 0.4) is 0 Å². The van der Waals surface area contributed by atoms with Crippen molar-refractivity contribution < 1.29 is 4.79 Å². The van der Waals surface area contributed by atoms with Crippen molar-refractivity contribution in [3.8, 4) is 0 Å². The number of carbonyl (C=O) groups is 1. The molecule has 1 aromatic carbocycles. The molecule has 0 unspecified atom stereocenters. The molecule has 0 aliphatic carbocycles. The minimum Gasteiger partial charge on any atom is -0.377 e. The first-order chi connectivity index (χ1) is 8.02. The molecule has 7 heteroatoms. The van der Waals surface area contributed by atoms with Gasteiger partial charge >= 0.3 is 0 Å². The summed E-state index contributed by atoms with van der Waals surface area (Å²) in [6, 6.07) is 5.31. The lowest BCUT2D eigenvalue weighted by molar-refractivity contribution is -0.113. The van der Waals surface area contributed by atoms with E-state index in [0.29, 0.717) is 10.7 Å². The number of thioether (sulfide) groups is 1. The van der Waals surface area contributed by atoms with E-state index >= 15 is 0 Å². The van der Waals surface area contributed by atoms with Gasteiger partial charge in [0.2, 0.25) is 5.91 Å². The molecule has 5 nitrogen and oxygen atoms in total. The molecule has 5 N–H and O–H groups in total. The van der Waals surface area contributed by atoms with E-state index in [-0.39, 0.29) is 16.8 Å². The normalized spacial score (nSPS) is 11.3. The van der Waals surface area contributed by atoms with Gasteiger partial charge in [-0.1, -0.05) is 29.4 Å². The van der Waals surface area contributed by atoms with Crippen molar-refractivity contribution in [2.24, 2.45) is 16.7 Å². The zero-order valence-electron chi connectivity index (χ0n) is 9.24. The van der Waals surface area contributed by atoms with Crippen LogP contribution >= 0.6 is 23.4 Å². The molecule has 0 atom stereocenters. The SMILES string of the molecule is Cc1ccc(NC(=O)CSC(N)=NN)cc1Cl. The van der Waals surface area contributed by atoms with Crippen molar-refractivity contribution in [1.29, 1.82) is 0 Å². The Hall–Kier alpha value is -1.40. The van der Waals surface area contributed by atoms with Crippen LogP contribution < -0.4 is 16.9 Å². The number of anilines is 1. The van der Waals surface area contributed by atoms with Crippen molar-refractivity contribution in [2.45, 2.75) is 6.92 Å². The van der Waals surface area contributed by atoms with Crippen LogP contribution in [0.4, 0.5) is 5.69 Å². The standard InChI is InChI=1S/C10H13ClN4OS/c1-6-2-3-7(4-8(6)11)14-9(16)5-17-10(12)15-13/h2-4H,5,13H2,1H3,(H2,12,15)(H,14,16). The number of carbonyl (C=O) groups excluding carboxylic acids is 1. The van der Waals surface area contributed by atoms with Gasteiger partial charge in [-0.05, 0) is 24.6 Å². The van der Waals surface area contributed by atoms with Crippen LogP contribution in [0.5, 0.6) is 0 Å². The quantitative estimate of drug-likeness (QED) is 0.336. The van der Waals surface area contributed by atoms with Gasteiger partial charge in [0.1, 0.15) is 0 Å². The average Bonchev–Trinajstić information content (AvgIpc) is 2.31. The fourth-order valence-electron chi connectivity index (χ4n) is 1.04. The van der Waals surface area contributed by atoms with Crippen LogP contribution in [0, 0.1) is 6.92 Å². The molecule has 0 heterocycles. The van der Waals surface area contributed by atoms with Gasteiger partial charge < -0.3 is 16.9 Å². The smallest absolute Gasteiger partial charge is 0.234 e. The van der Waals surface area contributed by atoms with Gasteiger partial charge in [-0.2, -0.15) is 5.10 Å². The zero-order chi connectivity index (χ0) is 12.8. The molecule has 0 aliphatic rings. The molecule has 1 amide bonds. The second-order valence-corrected chi connectivity index (χ2v) is 4.67. The highest BCUT2D eigenvalue weighted by molar-refractivity contribution is 8.14. The summed E-state index contributed by atoms with van der Waals surface area (Å²) in [4.78, 5) is 11.5. The summed E-state index contributed by atoms with van der Waals surface area (Å²) in [6.45, 7) is 1.89. The number of hydrazone groups is 1. The Morgan fingerprint density at radius 1 is 1.59 bits per heavy atom. The molecule has 0 bridgehead atoms. The molecule has 0 aliphatic heterocycles. The first-order valence-electron chi connectivity index (χ1n) is 4.75. The van der Waals surface area contributed by atoms with Crippen molar-refractivity contribution in [2.75, 3.05) is 11.1 Å². The van der Waals surface area contributed by atoms with Crippen LogP contribution in [-0.4, -0.2) is 16.8 Å². The Bertz CT molecular complexity index is 450. The summed E-state index contributed by atoms with van der Waals surface area (Å²) < 4.78 is 0. The number of amidine groups is 1. The number of hydrogen-bond acceptors (Lipinski definition) is 4. The van der Waals surface area contributed by atoms with Crippen LogP contribution in [0.25, 0.3) is 0 Å². The third kappa shape index (κ3) is 4.54. The molecule has 92 valence electrons. The number of nitrogens with two attached hydrogens (primary N) is 2. The molecule has 0 spiro atoms. The number of hydrogen-bond donors (Lipinski definition) is 3. The summed E-state index contributed by atoms with van der Waals surface area (Å²) in [7, 11) is 0. The van der Waals surface area contributed by atoms with Gasteiger partial charge in [-0.3, -0.25) is 4.79 Å². The first-order valence-corrected chi connectivity index (χ1v) is 6.11. The van der Waals surface area contributed by atoms with E-state index in [9.17, 15) is 4.79 Å². The maximum atomic E-state index is 11.5. The lowest BCUT2D eigenvalue weighted by Crippen LogP contribution is -2.18. The van der Waals surface area contributed by atoms with Crippen molar-refractivity contribution >= 4 is 40.1 Å². The van der Waals surface area contributed by atoms with Gasteiger partial charge in [-0.25, -0.2) is 0 Å². The Kier molecular flexibility index (Phi) is 5.11. The van der Waals surface area contributed by atoms with Gasteiger partial charge in [0.25, 0.3) is 0 Å². The van der Waals surface area contributed by atoms with E-state index in [4.69, 9.17) is 23.2 Å². The maximum absolute atomic E-state index is 11.5. The van der Waals surface area contributed by atoms with E-state index in [2.05, 4.69) is 10.4 Å². The molecule has 1 aromatic rings. The number of nitrogens with zero attached hydrogens (tertiary/aromatic N) is 1. The number of nitrogens with one attached hydrogen (secondary N) is 1. The van der Waals surface area contributed by atoms with E-state index in [1.54, 1.807) is 12.1 Å². The second kappa shape index (κ2) is 6.36. The number of benzene rings is 1. The summed E-state index contributed by atoms with van der Waals surface area (Å²) >= 11 is 7.00. The van der Waals surface area contributed by atoms with Gasteiger partial charge in [-0.15, -0.1) is 0 Å². The largest absolute Gasteiger partial charge is 0.377 e. The summed E-state index contributed by atoms with van der Waals surface area (Å²) in [5, 5.41) is 6.72. The molecule has 0 fully saturated rings. The second-order valence-electron chi connectivity index (χ2n) is 3.27. The highest BCUT2D eigenvalue weighted by Crippen LogP contribution is 2.20. The Labute approximate surface area is 109 Å². The number of amides is 1. The monoisotopic (exact) mass is 272 g/mol. The lowest BCUT2D eigenvalue weighted by atomic mass is 10.2. The third-order valence-electron chi connectivity index (χ3n) is 1.93. The topological polar surface area (TPSA) is 93.5 Å². The van der Waals surface area contributed by atoms with E-state index < -0.39 is 0 Å². The molecule has 0 aromatic heterocycles. The summed E-state index contributed by atoms with van der Waals surface area (Å²) in [5.74, 6) is 4.90.